The lowest BCUT2D eigenvalue weighted by atomic mass is 9.95. The van der Waals surface area contributed by atoms with E-state index in [1.807, 2.05) is 24.6 Å². The Morgan fingerprint density at radius 3 is 2.17 bits per heavy atom. The fourth-order valence-corrected chi connectivity index (χ4v) is 4.11. The molecule has 0 radical (unpaired) electrons. The second kappa shape index (κ2) is 12.5. The number of benzene rings is 1. The highest BCUT2D eigenvalue weighted by atomic mass is 32.1. The van der Waals surface area contributed by atoms with Crippen LogP contribution in [0.4, 0.5) is 5.69 Å². The van der Waals surface area contributed by atoms with Crippen LogP contribution in [-0.2, 0) is 23.9 Å². The number of hydrogen-bond donors (Lipinski definition) is 2. The molecule has 0 aliphatic rings. The van der Waals surface area contributed by atoms with Gasteiger partial charge in [-0.2, -0.15) is 11.3 Å². The normalized spacial score (nSPS) is 13.0. The van der Waals surface area contributed by atoms with Crippen molar-refractivity contribution >= 4 is 40.8 Å². The molecular weight excluding hydrogens is 468 g/mol. The molecule has 9 heteroatoms. The molecule has 1 aromatic carbocycles. The van der Waals surface area contributed by atoms with Crippen molar-refractivity contribution in [3.8, 4) is 0 Å². The Morgan fingerprint density at radius 2 is 1.66 bits per heavy atom. The van der Waals surface area contributed by atoms with Crippen LogP contribution in [-0.4, -0.2) is 42.5 Å². The molecule has 2 atom stereocenters. The quantitative estimate of drug-likeness (QED) is 0.462. The van der Waals surface area contributed by atoms with Gasteiger partial charge in [-0.25, -0.2) is 4.79 Å². The van der Waals surface area contributed by atoms with Crippen LogP contribution in [0.15, 0.2) is 41.1 Å². The summed E-state index contributed by atoms with van der Waals surface area (Å²) in [4.78, 5) is 50.5. The van der Waals surface area contributed by atoms with Gasteiger partial charge in [0.05, 0.1) is 25.0 Å². The molecule has 8 nitrogen and oxygen atoms in total. The van der Waals surface area contributed by atoms with Gasteiger partial charge in [0.25, 0.3) is 0 Å². The molecule has 1 aromatic heterocycles. The Bertz CT molecular complexity index is 1010. The molecule has 35 heavy (non-hydrogen) atoms. The van der Waals surface area contributed by atoms with Gasteiger partial charge < -0.3 is 20.1 Å². The summed E-state index contributed by atoms with van der Waals surface area (Å²) in [5, 5.41) is 9.27. The molecule has 0 bridgehead atoms. The summed E-state index contributed by atoms with van der Waals surface area (Å²) in [6.45, 7) is 9.21. The van der Waals surface area contributed by atoms with Crippen LogP contribution in [0.1, 0.15) is 69.3 Å². The molecular formula is C26H34N2O6S. The first-order valence-electron chi connectivity index (χ1n) is 11.4. The Kier molecular flexibility index (Phi) is 10.0. The monoisotopic (exact) mass is 502 g/mol. The molecule has 1 unspecified atom stereocenters. The molecule has 0 aliphatic carbocycles. The number of methoxy groups -OCH3 is 1. The maximum Gasteiger partial charge on any atom is 0.337 e. The Morgan fingerprint density at radius 1 is 1.00 bits per heavy atom. The minimum atomic E-state index is -0.817. The second-order valence-electron chi connectivity index (χ2n) is 9.65. The molecule has 0 fully saturated rings. The highest BCUT2D eigenvalue weighted by Crippen LogP contribution is 2.25. The van der Waals surface area contributed by atoms with E-state index in [4.69, 9.17) is 4.74 Å². The van der Waals surface area contributed by atoms with Crippen LogP contribution in [0.3, 0.4) is 0 Å². The maximum atomic E-state index is 13.3. The van der Waals surface area contributed by atoms with Gasteiger partial charge in [-0.1, -0.05) is 13.8 Å². The number of carbonyl (C=O) groups is 4. The molecule has 2 amide bonds. The number of carbonyl (C=O) groups excluding carboxylic acids is 4. The number of hydrogen-bond acceptors (Lipinski definition) is 7. The molecule has 0 saturated carbocycles. The third-order valence-electron chi connectivity index (χ3n) is 4.97. The fraction of sp³-hybridized carbons (Fsp3) is 0.462. The van der Waals surface area contributed by atoms with E-state index in [1.54, 1.807) is 51.1 Å². The van der Waals surface area contributed by atoms with E-state index < -0.39 is 35.4 Å². The minimum absolute atomic E-state index is 0.123. The highest BCUT2D eigenvalue weighted by molar-refractivity contribution is 7.08. The number of thiophene rings is 1. The van der Waals surface area contributed by atoms with Gasteiger partial charge in [-0.05, 0) is 79.8 Å². The molecule has 1 heterocycles. The van der Waals surface area contributed by atoms with Gasteiger partial charge in [0.15, 0.2) is 0 Å². The largest absolute Gasteiger partial charge is 0.465 e. The lowest BCUT2D eigenvalue weighted by Gasteiger charge is -2.24. The van der Waals surface area contributed by atoms with Crippen LogP contribution in [0.25, 0.3) is 0 Å². The first-order valence-corrected chi connectivity index (χ1v) is 12.4. The van der Waals surface area contributed by atoms with Gasteiger partial charge in [0.1, 0.15) is 11.6 Å². The maximum absolute atomic E-state index is 13.3. The number of amides is 2. The van der Waals surface area contributed by atoms with Crippen LogP contribution < -0.4 is 10.6 Å². The van der Waals surface area contributed by atoms with Gasteiger partial charge >= 0.3 is 11.9 Å². The number of nitrogens with one attached hydrogen (secondary N) is 2. The lowest BCUT2D eigenvalue weighted by molar-refractivity contribution is -0.156. The number of esters is 2. The van der Waals surface area contributed by atoms with Crippen LogP contribution in [0, 0.1) is 5.92 Å². The highest BCUT2D eigenvalue weighted by Gasteiger charge is 2.31. The molecule has 190 valence electrons. The summed E-state index contributed by atoms with van der Waals surface area (Å²) >= 11 is 1.42. The van der Waals surface area contributed by atoms with Gasteiger partial charge in [0, 0.05) is 5.69 Å². The van der Waals surface area contributed by atoms with Crippen molar-refractivity contribution in [1.29, 1.82) is 0 Å². The zero-order chi connectivity index (χ0) is 26.2. The van der Waals surface area contributed by atoms with E-state index in [2.05, 4.69) is 15.4 Å². The van der Waals surface area contributed by atoms with Crippen LogP contribution in [0.5, 0.6) is 0 Å². The number of rotatable bonds is 10. The molecule has 0 spiro atoms. The van der Waals surface area contributed by atoms with Crippen molar-refractivity contribution in [3.63, 3.8) is 0 Å². The predicted octanol–water partition coefficient (Wildman–Crippen LogP) is 4.52. The van der Waals surface area contributed by atoms with Gasteiger partial charge in [-0.3, -0.25) is 14.4 Å². The van der Waals surface area contributed by atoms with Crippen molar-refractivity contribution in [2.45, 2.75) is 65.0 Å². The molecule has 2 rings (SSSR count). The van der Waals surface area contributed by atoms with Crippen molar-refractivity contribution in [2.75, 3.05) is 12.4 Å². The van der Waals surface area contributed by atoms with E-state index in [0.29, 0.717) is 23.2 Å². The molecule has 2 N–H and O–H groups in total. The third kappa shape index (κ3) is 9.16. The van der Waals surface area contributed by atoms with Crippen molar-refractivity contribution < 1.29 is 28.7 Å². The standard InChI is InChI=1S/C26H34N2O6S/c1-16(2)13-21(24(31)27-19-9-7-17(8-10-19)25(32)33-6)28-23(30)20(18-11-12-35-15-18)14-22(29)34-26(3,4)5/h7-12,15-16,20-21H,13-14H2,1-6H3,(H,27,31)(H,28,30)/t20?,21-/m0/s1. The predicted molar refractivity (Wildman–Crippen MR) is 135 cm³/mol. The fourth-order valence-electron chi connectivity index (χ4n) is 3.40. The SMILES string of the molecule is COC(=O)c1ccc(NC(=O)[C@H](CC(C)C)NC(=O)C(CC(=O)OC(C)(C)C)c2ccsc2)cc1. The van der Waals surface area contributed by atoms with E-state index in [0.717, 1.165) is 0 Å². The van der Waals surface area contributed by atoms with Gasteiger partial charge in [0.2, 0.25) is 11.8 Å². The summed E-state index contributed by atoms with van der Waals surface area (Å²) in [5.74, 6) is -2.43. The summed E-state index contributed by atoms with van der Waals surface area (Å²) in [6.07, 6.45) is 0.269. The Labute approximate surface area is 210 Å². The molecule has 0 aliphatic heterocycles. The zero-order valence-corrected chi connectivity index (χ0v) is 21.9. The van der Waals surface area contributed by atoms with Crippen LogP contribution in [0.2, 0.25) is 0 Å². The zero-order valence-electron chi connectivity index (χ0n) is 21.0. The number of anilines is 1. The average molecular weight is 503 g/mol. The Hall–Kier alpha value is -3.20. The first kappa shape index (κ1) is 28.0. The smallest absolute Gasteiger partial charge is 0.337 e. The first-order chi connectivity index (χ1) is 16.4. The Balaban J connectivity index is 2.17. The van der Waals surface area contributed by atoms with Crippen molar-refractivity contribution in [3.05, 3.63) is 52.2 Å². The van der Waals surface area contributed by atoms with E-state index in [9.17, 15) is 19.2 Å². The van der Waals surface area contributed by atoms with Crippen LogP contribution >= 0.6 is 11.3 Å². The number of ether oxygens (including phenoxy) is 2. The summed E-state index contributed by atoms with van der Waals surface area (Å²) in [7, 11) is 1.30. The molecule has 0 saturated heterocycles. The van der Waals surface area contributed by atoms with Gasteiger partial charge in [-0.15, -0.1) is 0 Å². The second-order valence-corrected chi connectivity index (χ2v) is 10.4. The van der Waals surface area contributed by atoms with E-state index in [1.165, 1.54) is 18.4 Å². The minimum Gasteiger partial charge on any atom is -0.465 e. The topological polar surface area (TPSA) is 111 Å². The lowest BCUT2D eigenvalue weighted by Crippen LogP contribution is -2.46. The van der Waals surface area contributed by atoms with E-state index in [-0.39, 0.29) is 18.2 Å². The average Bonchev–Trinajstić information content (AvgIpc) is 3.30. The van der Waals surface area contributed by atoms with Crippen molar-refractivity contribution in [2.24, 2.45) is 5.92 Å². The summed E-state index contributed by atoms with van der Waals surface area (Å²) in [6, 6.07) is 7.25. The summed E-state index contributed by atoms with van der Waals surface area (Å²) in [5.41, 5.74) is 0.864. The van der Waals surface area contributed by atoms with E-state index >= 15 is 0 Å². The molecule has 2 aromatic rings. The van der Waals surface area contributed by atoms with Crippen molar-refractivity contribution in [1.82, 2.24) is 5.32 Å². The third-order valence-corrected chi connectivity index (χ3v) is 5.67. The summed E-state index contributed by atoms with van der Waals surface area (Å²) < 4.78 is 10.1.